The summed E-state index contributed by atoms with van der Waals surface area (Å²) in [5.41, 5.74) is 1.33. The minimum Gasteiger partial charge on any atom is -0.371 e. The molecule has 1 atom stereocenters. The fourth-order valence-electron chi connectivity index (χ4n) is 5.62. The Morgan fingerprint density at radius 3 is 2.73 bits per heavy atom. The van der Waals surface area contributed by atoms with Crippen molar-refractivity contribution in [2.75, 3.05) is 44.7 Å². The van der Waals surface area contributed by atoms with Gasteiger partial charge in [0.1, 0.15) is 0 Å². The molecule has 1 aliphatic carbocycles. The molecule has 33 heavy (non-hydrogen) atoms. The number of likely N-dealkylation sites (tertiary alicyclic amines) is 1. The van der Waals surface area contributed by atoms with Crippen LogP contribution < -0.4 is 10.5 Å². The van der Waals surface area contributed by atoms with E-state index in [0.717, 1.165) is 50.0 Å². The van der Waals surface area contributed by atoms with Gasteiger partial charge in [-0.25, -0.2) is 4.39 Å². The number of benzene rings is 1. The van der Waals surface area contributed by atoms with E-state index in [0.29, 0.717) is 28.4 Å². The van der Waals surface area contributed by atoms with Crippen molar-refractivity contribution in [1.82, 2.24) is 14.4 Å². The fraction of sp³-hybridized carbons (Fsp3) is 0.542. The summed E-state index contributed by atoms with van der Waals surface area (Å²) < 4.78 is 15.0. The third-order valence-electron chi connectivity index (χ3n) is 7.46. The Morgan fingerprint density at radius 2 is 1.97 bits per heavy atom. The molecule has 9 heteroatoms. The van der Waals surface area contributed by atoms with Crippen LogP contribution in [-0.4, -0.2) is 78.6 Å². The van der Waals surface area contributed by atoms with Crippen LogP contribution in [0.2, 0.25) is 5.02 Å². The molecule has 1 saturated carbocycles. The quantitative estimate of drug-likeness (QED) is 0.647. The van der Waals surface area contributed by atoms with Crippen LogP contribution in [0.1, 0.15) is 19.3 Å². The number of pyridine rings is 1. The van der Waals surface area contributed by atoms with E-state index in [1.54, 1.807) is 17.8 Å². The van der Waals surface area contributed by atoms with Crippen LogP contribution in [0.5, 0.6) is 0 Å². The fourth-order valence-corrected chi connectivity index (χ4v) is 5.87. The minimum absolute atomic E-state index is 0.0535. The highest BCUT2D eigenvalue weighted by atomic mass is 35.5. The second kappa shape index (κ2) is 8.40. The lowest BCUT2D eigenvalue weighted by atomic mass is 9.60. The highest BCUT2D eigenvalue weighted by molar-refractivity contribution is 6.36. The second-order valence-electron chi connectivity index (χ2n) is 9.80. The highest BCUT2D eigenvalue weighted by Gasteiger charge is 2.53. The number of alkyl halides is 1. The summed E-state index contributed by atoms with van der Waals surface area (Å²) in [4.78, 5) is 34.4. The first-order valence-electron chi connectivity index (χ1n) is 11.5. The molecule has 5 rings (SSSR count). The van der Waals surface area contributed by atoms with Crippen molar-refractivity contribution in [3.63, 3.8) is 0 Å². The summed E-state index contributed by atoms with van der Waals surface area (Å²) in [6.45, 7) is 3.49. The second-order valence-corrected chi connectivity index (χ2v) is 10.2. The van der Waals surface area contributed by atoms with Gasteiger partial charge < -0.3 is 19.3 Å². The van der Waals surface area contributed by atoms with E-state index in [1.165, 1.54) is 11.2 Å². The molecule has 176 valence electrons. The van der Waals surface area contributed by atoms with Gasteiger partial charge in [0.25, 0.3) is 11.5 Å². The predicted molar refractivity (Wildman–Crippen MR) is 129 cm³/mol. The maximum Gasteiger partial charge on any atom is 0.264 e. The summed E-state index contributed by atoms with van der Waals surface area (Å²) in [6, 6.07) is 6.23. The van der Waals surface area contributed by atoms with Crippen molar-refractivity contribution < 1.29 is 9.18 Å². The molecule has 1 saturated heterocycles. The number of anilines is 1. The van der Waals surface area contributed by atoms with Gasteiger partial charge in [-0.15, -0.1) is 0 Å². The standard InChI is InChI=1S/C24H29ClFN5O2/c1-28-9-6-17-20(5-4-18(25)21(17)23(28)33)29(2)16-10-24(11-16)13-30(14-24)7-3-8-31-15-27-12-19(26)22(31)32/h4-6,9,15-16,19H,3,7-8,10-14H2,1-2H3. The molecule has 1 aromatic heterocycles. The largest absolute Gasteiger partial charge is 0.371 e. The van der Waals surface area contributed by atoms with E-state index in [1.807, 2.05) is 18.2 Å². The Kier molecular flexibility index (Phi) is 5.69. The van der Waals surface area contributed by atoms with Crippen LogP contribution in [0.25, 0.3) is 10.8 Å². The van der Waals surface area contributed by atoms with Crippen molar-refractivity contribution in [2.45, 2.75) is 31.5 Å². The molecule has 2 aromatic rings. The Balaban J connectivity index is 1.14. The Bertz CT molecular complexity index is 1170. The van der Waals surface area contributed by atoms with Crippen LogP contribution in [0.15, 0.2) is 34.2 Å². The topological polar surface area (TPSA) is 61.2 Å². The van der Waals surface area contributed by atoms with Crippen molar-refractivity contribution in [3.8, 4) is 0 Å². The zero-order chi connectivity index (χ0) is 23.3. The first-order valence-corrected chi connectivity index (χ1v) is 11.8. The summed E-state index contributed by atoms with van der Waals surface area (Å²) in [5.74, 6) is -0.470. The minimum atomic E-state index is -1.49. The molecule has 1 unspecified atom stereocenters. The molecular formula is C24H29ClFN5O2. The van der Waals surface area contributed by atoms with Gasteiger partial charge in [-0.2, -0.15) is 0 Å². The van der Waals surface area contributed by atoms with E-state index in [9.17, 15) is 14.0 Å². The van der Waals surface area contributed by atoms with Crippen molar-refractivity contribution in [1.29, 1.82) is 0 Å². The van der Waals surface area contributed by atoms with Crippen molar-refractivity contribution in [3.05, 3.63) is 39.8 Å². The molecule has 1 amide bonds. The molecule has 3 aliphatic rings. The third-order valence-corrected chi connectivity index (χ3v) is 7.78. The molecule has 0 N–H and O–H groups in total. The Morgan fingerprint density at radius 1 is 1.21 bits per heavy atom. The van der Waals surface area contributed by atoms with Gasteiger partial charge in [-0.05, 0) is 49.4 Å². The van der Waals surface area contributed by atoms with Gasteiger partial charge in [0.2, 0.25) is 0 Å². The van der Waals surface area contributed by atoms with E-state index >= 15 is 0 Å². The summed E-state index contributed by atoms with van der Waals surface area (Å²) in [5, 5.41) is 1.96. The zero-order valence-corrected chi connectivity index (χ0v) is 19.8. The van der Waals surface area contributed by atoms with E-state index < -0.39 is 12.1 Å². The monoisotopic (exact) mass is 473 g/mol. The van der Waals surface area contributed by atoms with E-state index in [-0.39, 0.29) is 12.1 Å². The first kappa shape index (κ1) is 22.3. The normalized spacial score (nSPS) is 22.6. The first-order chi connectivity index (χ1) is 15.8. The molecular weight excluding hydrogens is 445 g/mol. The summed E-state index contributed by atoms with van der Waals surface area (Å²) in [6.07, 6.45) is 4.83. The van der Waals surface area contributed by atoms with Crippen LogP contribution >= 0.6 is 11.6 Å². The number of rotatable bonds is 6. The number of fused-ring (bicyclic) bond motifs is 1. The average molecular weight is 474 g/mol. The number of amides is 1. The predicted octanol–water partition coefficient (Wildman–Crippen LogP) is 2.69. The lowest BCUT2D eigenvalue weighted by Crippen LogP contribution is -2.66. The van der Waals surface area contributed by atoms with E-state index in [4.69, 9.17) is 11.6 Å². The molecule has 0 bridgehead atoms. The number of nitrogens with zero attached hydrogens (tertiary/aromatic N) is 5. The number of aromatic nitrogens is 1. The molecule has 2 fully saturated rings. The molecule has 1 spiro atoms. The zero-order valence-electron chi connectivity index (χ0n) is 19.0. The van der Waals surface area contributed by atoms with Gasteiger partial charge in [0, 0.05) is 57.0 Å². The molecule has 2 aliphatic heterocycles. The number of carbonyl (C=O) groups is 1. The lowest BCUT2D eigenvalue weighted by molar-refractivity contribution is -0.132. The third kappa shape index (κ3) is 3.93. The molecule has 0 radical (unpaired) electrons. The van der Waals surface area contributed by atoms with Gasteiger partial charge in [0.05, 0.1) is 23.3 Å². The Labute approximate surface area is 197 Å². The number of carbonyl (C=O) groups excluding carboxylic acids is 1. The SMILES string of the molecule is CN(c1ccc(Cl)c2c(=O)n(C)ccc12)C1CC2(C1)CN(CCCN1C=NCC(F)C1=O)C2. The van der Waals surface area contributed by atoms with E-state index in [2.05, 4.69) is 21.8 Å². The summed E-state index contributed by atoms with van der Waals surface area (Å²) >= 11 is 6.35. The van der Waals surface area contributed by atoms with Crippen LogP contribution in [0.3, 0.4) is 0 Å². The molecule has 1 aromatic carbocycles. The number of aryl methyl sites for hydroxylation is 1. The van der Waals surface area contributed by atoms with Gasteiger partial charge in [-0.3, -0.25) is 14.6 Å². The highest BCUT2D eigenvalue weighted by Crippen LogP contribution is 2.51. The number of hydrogen-bond donors (Lipinski definition) is 0. The van der Waals surface area contributed by atoms with Crippen molar-refractivity contribution >= 4 is 40.3 Å². The number of halogens is 2. The van der Waals surface area contributed by atoms with Gasteiger partial charge in [0.15, 0.2) is 6.17 Å². The van der Waals surface area contributed by atoms with Crippen LogP contribution in [0, 0.1) is 5.41 Å². The van der Waals surface area contributed by atoms with Crippen LogP contribution in [-0.2, 0) is 11.8 Å². The molecule has 3 heterocycles. The smallest absolute Gasteiger partial charge is 0.264 e. The lowest BCUT2D eigenvalue weighted by Gasteiger charge is -2.61. The maximum atomic E-state index is 13.5. The average Bonchev–Trinajstić information content (AvgIpc) is 2.73. The number of hydrogen-bond acceptors (Lipinski definition) is 5. The number of aliphatic imine (C=N–C) groups is 1. The summed E-state index contributed by atoms with van der Waals surface area (Å²) in [7, 11) is 3.84. The van der Waals surface area contributed by atoms with Crippen molar-refractivity contribution in [2.24, 2.45) is 17.5 Å². The Hall–Kier alpha value is -2.45. The molecule has 7 nitrogen and oxygen atoms in total. The van der Waals surface area contributed by atoms with Gasteiger partial charge in [-0.1, -0.05) is 11.6 Å². The maximum absolute atomic E-state index is 13.5. The van der Waals surface area contributed by atoms with Gasteiger partial charge >= 0.3 is 0 Å². The van der Waals surface area contributed by atoms with Crippen LogP contribution in [0.4, 0.5) is 10.1 Å².